The van der Waals surface area contributed by atoms with Crippen LogP contribution in [-0.2, 0) is 0 Å². The molecule has 96 valence electrons. The molecule has 2 N–H and O–H groups in total. The topological polar surface area (TPSA) is 43.8 Å². The van der Waals surface area contributed by atoms with E-state index in [1.165, 1.54) is 25.7 Å². The smallest absolute Gasteiger partial charge is 0.0834 e. The Morgan fingerprint density at radius 2 is 2.00 bits per heavy atom. The molecule has 0 bridgehead atoms. The molecule has 2 rings (SSSR count). The maximum Gasteiger partial charge on any atom is 0.0834 e. The molecule has 3 nitrogen and oxygen atoms in total. The molecule has 1 aromatic heterocycles. The van der Waals surface area contributed by atoms with Crippen molar-refractivity contribution in [3.8, 4) is 0 Å². The molecule has 1 aliphatic carbocycles. The van der Waals surface area contributed by atoms with E-state index < -0.39 is 0 Å². The Morgan fingerprint density at radius 3 is 2.53 bits per heavy atom. The molecule has 0 saturated heterocycles. The largest absolute Gasteiger partial charge is 0.322 e. The number of halogens is 1. The van der Waals surface area contributed by atoms with Gasteiger partial charge in [-0.1, -0.05) is 31.4 Å². The van der Waals surface area contributed by atoms with Crippen LogP contribution in [0, 0.1) is 5.41 Å². The van der Waals surface area contributed by atoms with Gasteiger partial charge in [-0.25, -0.2) is 0 Å². The second-order valence-electron chi connectivity index (χ2n) is 5.75. The van der Waals surface area contributed by atoms with Crippen LogP contribution in [0.4, 0.5) is 0 Å². The third-order valence-corrected chi connectivity index (χ3v) is 4.36. The van der Waals surface area contributed by atoms with Crippen LogP contribution in [0.15, 0.2) is 6.20 Å². The maximum absolute atomic E-state index is 6.47. The first kappa shape index (κ1) is 12.9. The molecular formula is C13H22ClN3. The zero-order chi connectivity index (χ0) is 12.6. The summed E-state index contributed by atoms with van der Waals surface area (Å²) in [5.74, 6) is 0. The van der Waals surface area contributed by atoms with Gasteiger partial charge < -0.3 is 5.73 Å². The highest BCUT2D eigenvalue weighted by Gasteiger charge is 2.38. The fourth-order valence-electron chi connectivity index (χ4n) is 2.88. The van der Waals surface area contributed by atoms with Crippen LogP contribution < -0.4 is 5.73 Å². The summed E-state index contributed by atoms with van der Waals surface area (Å²) < 4.78 is 1.97. The van der Waals surface area contributed by atoms with Gasteiger partial charge in [0.05, 0.1) is 23.0 Å². The first-order valence-corrected chi connectivity index (χ1v) is 6.82. The van der Waals surface area contributed by atoms with Gasteiger partial charge in [-0.3, -0.25) is 4.68 Å². The zero-order valence-electron chi connectivity index (χ0n) is 10.9. The molecule has 1 saturated carbocycles. The summed E-state index contributed by atoms with van der Waals surface area (Å²) in [6, 6.07) is 0.288. The van der Waals surface area contributed by atoms with Crippen LogP contribution in [0.3, 0.4) is 0 Å². The average Bonchev–Trinajstić information content (AvgIpc) is 2.85. The van der Waals surface area contributed by atoms with E-state index in [2.05, 4.69) is 25.9 Å². The number of aromatic nitrogens is 2. The van der Waals surface area contributed by atoms with Crippen LogP contribution in [0.25, 0.3) is 0 Å². The van der Waals surface area contributed by atoms with Crippen LogP contribution in [0.1, 0.15) is 64.2 Å². The van der Waals surface area contributed by atoms with Gasteiger partial charge in [0.1, 0.15) is 0 Å². The van der Waals surface area contributed by atoms with Crippen LogP contribution in [-0.4, -0.2) is 9.78 Å². The lowest BCUT2D eigenvalue weighted by Crippen LogP contribution is -2.32. The van der Waals surface area contributed by atoms with Crippen molar-refractivity contribution in [1.82, 2.24) is 9.78 Å². The average molecular weight is 256 g/mol. The lowest BCUT2D eigenvalue weighted by atomic mass is 9.79. The minimum Gasteiger partial charge on any atom is -0.322 e. The molecule has 4 heteroatoms. The van der Waals surface area contributed by atoms with E-state index in [1.807, 2.05) is 4.68 Å². The summed E-state index contributed by atoms with van der Waals surface area (Å²) in [7, 11) is 0. The minimum absolute atomic E-state index is 0.0117. The van der Waals surface area contributed by atoms with E-state index in [1.54, 1.807) is 6.20 Å². The van der Waals surface area contributed by atoms with E-state index in [9.17, 15) is 0 Å². The molecule has 0 aliphatic heterocycles. The Morgan fingerprint density at radius 1 is 1.41 bits per heavy atom. The molecule has 1 atom stereocenters. The molecule has 1 fully saturated rings. The lowest BCUT2D eigenvalue weighted by molar-refractivity contribution is 0.251. The Kier molecular flexibility index (Phi) is 3.50. The van der Waals surface area contributed by atoms with Gasteiger partial charge in [0.2, 0.25) is 0 Å². The van der Waals surface area contributed by atoms with Crippen LogP contribution >= 0.6 is 11.6 Å². The fourth-order valence-corrected chi connectivity index (χ4v) is 3.12. The monoisotopic (exact) mass is 255 g/mol. The van der Waals surface area contributed by atoms with Crippen molar-refractivity contribution < 1.29 is 0 Å². The number of nitrogens with two attached hydrogens (primary N) is 1. The van der Waals surface area contributed by atoms with Crippen molar-refractivity contribution >= 4 is 11.6 Å². The van der Waals surface area contributed by atoms with E-state index in [0.717, 1.165) is 5.69 Å². The van der Waals surface area contributed by atoms with E-state index in [-0.39, 0.29) is 11.5 Å². The van der Waals surface area contributed by atoms with Gasteiger partial charge in [0.15, 0.2) is 0 Å². The van der Waals surface area contributed by atoms with Crippen molar-refractivity contribution in [2.45, 2.75) is 58.5 Å². The normalized spacial score (nSPS) is 21.1. The van der Waals surface area contributed by atoms with Crippen LogP contribution in [0.2, 0.25) is 5.02 Å². The third-order valence-electron chi connectivity index (χ3n) is 4.07. The minimum atomic E-state index is -0.0117. The predicted octanol–water partition coefficient (Wildman–Crippen LogP) is 3.70. The van der Waals surface area contributed by atoms with Gasteiger partial charge in [-0.2, -0.15) is 5.10 Å². The Balaban J connectivity index is 2.36. The number of hydrogen-bond donors (Lipinski definition) is 1. The Bertz CT molecular complexity index is 391. The quantitative estimate of drug-likeness (QED) is 0.895. The molecule has 0 radical (unpaired) electrons. The fraction of sp³-hybridized carbons (Fsp3) is 0.769. The summed E-state index contributed by atoms with van der Waals surface area (Å²) in [5.41, 5.74) is 7.66. The van der Waals surface area contributed by atoms with Crippen molar-refractivity contribution in [3.63, 3.8) is 0 Å². The van der Waals surface area contributed by atoms with Gasteiger partial charge >= 0.3 is 0 Å². The number of rotatable bonds is 3. The summed E-state index contributed by atoms with van der Waals surface area (Å²) in [6.07, 6.45) is 6.64. The highest BCUT2D eigenvalue weighted by atomic mass is 35.5. The third kappa shape index (κ3) is 2.23. The van der Waals surface area contributed by atoms with E-state index >= 15 is 0 Å². The summed E-state index contributed by atoms with van der Waals surface area (Å²) >= 11 is 6.26. The molecule has 1 aromatic rings. The van der Waals surface area contributed by atoms with E-state index in [0.29, 0.717) is 11.1 Å². The van der Waals surface area contributed by atoms with Crippen molar-refractivity contribution in [2.75, 3.05) is 0 Å². The second kappa shape index (κ2) is 4.62. The van der Waals surface area contributed by atoms with Gasteiger partial charge in [0.25, 0.3) is 0 Å². The van der Waals surface area contributed by atoms with E-state index in [4.69, 9.17) is 17.3 Å². The van der Waals surface area contributed by atoms with Crippen molar-refractivity contribution in [1.29, 1.82) is 0 Å². The molecule has 1 heterocycles. The molecule has 1 aliphatic rings. The molecule has 0 amide bonds. The predicted molar refractivity (Wildman–Crippen MR) is 71.1 cm³/mol. The summed E-state index contributed by atoms with van der Waals surface area (Å²) in [6.45, 7) is 6.49. The number of hydrogen-bond acceptors (Lipinski definition) is 2. The summed E-state index contributed by atoms with van der Waals surface area (Å²) in [5, 5.41) is 5.05. The highest BCUT2D eigenvalue weighted by Crippen LogP contribution is 2.47. The van der Waals surface area contributed by atoms with Gasteiger partial charge in [-0.05, 0) is 32.1 Å². The molecule has 0 aromatic carbocycles. The van der Waals surface area contributed by atoms with Crippen LogP contribution in [0.5, 0.6) is 0 Å². The maximum atomic E-state index is 6.47. The van der Waals surface area contributed by atoms with Gasteiger partial charge in [0, 0.05) is 6.04 Å². The van der Waals surface area contributed by atoms with Crippen molar-refractivity contribution in [3.05, 3.63) is 16.9 Å². The first-order valence-electron chi connectivity index (χ1n) is 6.44. The van der Waals surface area contributed by atoms with Gasteiger partial charge in [-0.15, -0.1) is 0 Å². The molecular weight excluding hydrogens is 234 g/mol. The standard InChI is InChI=1S/C13H22ClN3/c1-9(2)17-11(10(14)8-16-17)12(15)13(3)6-4-5-7-13/h8-9,12H,4-7,15H2,1-3H3. The number of nitrogens with zero attached hydrogens (tertiary/aromatic N) is 2. The summed E-state index contributed by atoms with van der Waals surface area (Å²) in [4.78, 5) is 0. The Labute approximate surface area is 108 Å². The van der Waals surface area contributed by atoms with Crippen molar-refractivity contribution in [2.24, 2.45) is 11.1 Å². The zero-order valence-corrected chi connectivity index (χ0v) is 11.7. The molecule has 1 unspecified atom stereocenters. The SMILES string of the molecule is CC(C)n1ncc(Cl)c1C(N)C1(C)CCCC1. The Hall–Kier alpha value is -0.540. The highest BCUT2D eigenvalue weighted by molar-refractivity contribution is 6.31. The molecule has 17 heavy (non-hydrogen) atoms. The molecule has 0 spiro atoms. The lowest BCUT2D eigenvalue weighted by Gasteiger charge is -2.32. The second-order valence-corrected chi connectivity index (χ2v) is 6.16. The first-order chi connectivity index (χ1) is 7.96.